The molecule has 3 heterocycles. The van der Waals surface area contributed by atoms with E-state index in [2.05, 4.69) is 22.4 Å². The summed E-state index contributed by atoms with van der Waals surface area (Å²) in [7, 11) is 3.21. The van der Waals surface area contributed by atoms with Crippen molar-refractivity contribution in [1.29, 1.82) is 0 Å². The van der Waals surface area contributed by atoms with E-state index in [4.69, 9.17) is 9.47 Å². The molecular formula is C27H31N5O4. The number of hydrazine groups is 1. The number of rotatable bonds is 5. The molecule has 0 radical (unpaired) electrons. The summed E-state index contributed by atoms with van der Waals surface area (Å²) in [5.74, 6) is 1.65. The Bertz CT molecular complexity index is 1390. The Hall–Kier alpha value is -4.01. The number of hydrogen-bond acceptors (Lipinski definition) is 6. The molecule has 1 N–H and O–H groups in total. The number of carbonyl (C=O) groups excluding carboxylic acids is 1. The van der Waals surface area contributed by atoms with Crippen LogP contribution in [-0.2, 0) is 13.0 Å². The number of hydrogen-bond donors (Lipinski definition) is 1. The number of nitrogens with one attached hydrogen (secondary N) is 1. The van der Waals surface area contributed by atoms with E-state index in [0.717, 1.165) is 45.6 Å². The minimum Gasteiger partial charge on any atom is -0.493 e. The molecule has 36 heavy (non-hydrogen) atoms. The molecule has 9 heteroatoms. The maximum absolute atomic E-state index is 13.3. The number of anilines is 2. The van der Waals surface area contributed by atoms with Crippen LogP contribution in [0.25, 0.3) is 11.3 Å². The fourth-order valence-electron chi connectivity index (χ4n) is 5.31. The molecule has 0 bridgehead atoms. The van der Waals surface area contributed by atoms with Crippen LogP contribution in [0.4, 0.5) is 16.3 Å². The Balaban J connectivity index is 1.74. The van der Waals surface area contributed by atoms with Gasteiger partial charge in [0.25, 0.3) is 0 Å². The van der Waals surface area contributed by atoms with Crippen LogP contribution in [0.2, 0.25) is 0 Å². The number of carbonyl (C=O) groups is 1. The molecule has 1 fully saturated rings. The Labute approximate surface area is 210 Å². The van der Waals surface area contributed by atoms with E-state index in [1.54, 1.807) is 28.8 Å². The molecule has 2 aromatic carbocycles. The number of ether oxygens (including phenoxy) is 2. The zero-order valence-corrected chi connectivity index (χ0v) is 21.3. The molecule has 0 saturated carbocycles. The first-order valence-electron chi connectivity index (χ1n) is 12.1. The predicted octanol–water partition coefficient (Wildman–Crippen LogP) is 3.88. The molecule has 0 spiro atoms. The summed E-state index contributed by atoms with van der Waals surface area (Å²) in [6.45, 7) is 7.72. The van der Waals surface area contributed by atoms with Crippen molar-refractivity contribution in [3.63, 3.8) is 0 Å². The van der Waals surface area contributed by atoms with Crippen molar-refractivity contribution in [2.24, 2.45) is 0 Å². The van der Waals surface area contributed by atoms with Crippen LogP contribution in [0.3, 0.4) is 0 Å². The molecule has 0 unspecified atom stereocenters. The van der Waals surface area contributed by atoms with Crippen LogP contribution in [0.5, 0.6) is 11.5 Å². The summed E-state index contributed by atoms with van der Waals surface area (Å²) in [5, 5.41) is 6.37. The fraction of sp³-hybridized carbons (Fsp3) is 0.370. The van der Waals surface area contributed by atoms with Gasteiger partial charge in [-0.3, -0.25) is 4.57 Å². The second-order valence-corrected chi connectivity index (χ2v) is 9.32. The first-order chi connectivity index (χ1) is 17.3. The van der Waals surface area contributed by atoms with Gasteiger partial charge in [-0.25, -0.2) is 19.6 Å². The first-order valence-corrected chi connectivity index (χ1v) is 12.1. The van der Waals surface area contributed by atoms with E-state index in [0.29, 0.717) is 43.4 Å². The number of aryl methyl sites for hydroxylation is 4. The topological polar surface area (TPSA) is 88.9 Å². The van der Waals surface area contributed by atoms with Gasteiger partial charge in [0.2, 0.25) is 0 Å². The van der Waals surface area contributed by atoms with Gasteiger partial charge in [-0.1, -0.05) is 17.7 Å². The summed E-state index contributed by atoms with van der Waals surface area (Å²) in [5.41, 5.74) is 6.30. The third kappa shape index (κ3) is 3.94. The Morgan fingerprint density at radius 1 is 0.944 bits per heavy atom. The van der Waals surface area contributed by atoms with Gasteiger partial charge >= 0.3 is 11.7 Å². The molecule has 5 rings (SSSR count). The molecule has 0 atom stereocenters. The Kier molecular flexibility index (Phi) is 6.07. The highest BCUT2D eigenvalue weighted by Gasteiger charge is 2.31. The number of aromatic nitrogens is 2. The van der Waals surface area contributed by atoms with Crippen LogP contribution < -0.4 is 25.5 Å². The molecule has 1 aromatic heterocycles. The van der Waals surface area contributed by atoms with Crippen molar-refractivity contribution >= 4 is 17.5 Å². The SMILES string of the molecule is COc1cc2c(cc1OC)-c1cc(N(c3c(C)cc(C)cc3C)N3CCCNC3=O)nc(=O)n1CC2. The fourth-order valence-corrected chi connectivity index (χ4v) is 5.31. The van der Waals surface area contributed by atoms with Crippen LogP contribution in [-0.4, -0.2) is 47.9 Å². The van der Waals surface area contributed by atoms with E-state index < -0.39 is 0 Å². The van der Waals surface area contributed by atoms with E-state index in [9.17, 15) is 9.59 Å². The average molecular weight is 490 g/mol. The highest BCUT2D eigenvalue weighted by atomic mass is 16.5. The standard InChI is InChI=1S/C27H31N5O4/c1-16-11-17(2)25(18(3)12-16)32(31-9-6-8-28-26(31)33)24-15-21-20-14-23(36-5)22(35-4)13-19(20)7-10-30(21)27(34)29-24/h11-15H,6-10H2,1-5H3,(H,28,33). The molecule has 188 valence electrons. The molecule has 2 amide bonds. The number of methoxy groups -OCH3 is 2. The Morgan fingerprint density at radius 3 is 2.31 bits per heavy atom. The van der Waals surface area contributed by atoms with Gasteiger partial charge < -0.3 is 14.8 Å². The van der Waals surface area contributed by atoms with Crippen molar-refractivity contribution < 1.29 is 14.3 Å². The van der Waals surface area contributed by atoms with Crippen LogP contribution in [0.15, 0.2) is 35.1 Å². The van der Waals surface area contributed by atoms with Gasteiger partial charge in [-0.05, 0) is 62.4 Å². The zero-order chi connectivity index (χ0) is 25.6. The van der Waals surface area contributed by atoms with Crippen molar-refractivity contribution in [1.82, 2.24) is 19.9 Å². The normalized spacial score (nSPS) is 14.6. The van der Waals surface area contributed by atoms with E-state index in [1.807, 2.05) is 39.0 Å². The van der Waals surface area contributed by atoms with Gasteiger partial charge in [0.1, 0.15) is 0 Å². The monoisotopic (exact) mass is 489 g/mol. The predicted molar refractivity (Wildman–Crippen MR) is 138 cm³/mol. The minimum absolute atomic E-state index is 0.216. The third-order valence-corrected chi connectivity index (χ3v) is 6.85. The third-order valence-electron chi connectivity index (χ3n) is 6.85. The van der Waals surface area contributed by atoms with Gasteiger partial charge in [0.15, 0.2) is 17.3 Å². The quantitative estimate of drug-likeness (QED) is 0.585. The number of fused-ring (bicyclic) bond motifs is 3. The van der Waals surface area contributed by atoms with Gasteiger partial charge in [0.05, 0.1) is 25.6 Å². The van der Waals surface area contributed by atoms with E-state index in [1.165, 1.54) is 0 Å². The summed E-state index contributed by atoms with van der Waals surface area (Å²) in [4.78, 5) is 30.9. The van der Waals surface area contributed by atoms with Crippen molar-refractivity contribution in [2.45, 2.75) is 40.2 Å². The smallest absolute Gasteiger partial charge is 0.350 e. The summed E-state index contributed by atoms with van der Waals surface area (Å²) >= 11 is 0. The van der Waals surface area contributed by atoms with Gasteiger partial charge in [-0.2, -0.15) is 4.98 Å². The molecule has 2 aliphatic rings. The summed E-state index contributed by atoms with van der Waals surface area (Å²) < 4.78 is 12.7. The van der Waals surface area contributed by atoms with E-state index >= 15 is 0 Å². The van der Waals surface area contributed by atoms with Crippen LogP contribution in [0.1, 0.15) is 28.7 Å². The van der Waals surface area contributed by atoms with Crippen LogP contribution >= 0.6 is 0 Å². The minimum atomic E-state index is -0.354. The van der Waals surface area contributed by atoms with Gasteiger partial charge in [0, 0.05) is 31.3 Å². The average Bonchev–Trinajstić information content (AvgIpc) is 2.85. The second kappa shape index (κ2) is 9.22. The number of amides is 2. The second-order valence-electron chi connectivity index (χ2n) is 9.32. The van der Waals surface area contributed by atoms with Crippen molar-refractivity contribution in [3.05, 3.63) is 63.1 Å². The molecule has 9 nitrogen and oxygen atoms in total. The molecule has 2 aliphatic heterocycles. The number of nitrogens with zero attached hydrogens (tertiary/aromatic N) is 4. The van der Waals surface area contributed by atoms with Crippen LogP contribution in [0, 0.1) is 20.8 Å². The zero-order valence-electron chi connectivity index (χ0n) is 21.3. The lowest BCUT2D eigenvalue weighted by Crippen LogP contribution is -2.54. The van der Waals surface area contributed by atoms with Gasteiger partial charge in [-0.15, -0.1) is 0 Å². The lowest BCUT2D eigenvalue weighted by Gasteiger charge is -2.39. The largest absolute Gasteiger partial charge is 0.493 e. The van der Waals surface area contributed by atoms with Crippen molar-refractivity contribution in [2.75, 3.05) is 32.3 Å². The van der Waals surface area contributed by atoms with Crippen molar-refractivity contribution in [3.8, 4) is 22.8 Å². The maximum Gasteiger partial charge on any atom is 0.350 e. The highest BCUT2D eigenvalue weighted by molar-refractivity contribution is 5.82. The molecule has 1 saturated heterocycles. The number of benzene rings is 2. The summed E-state index contributed by atoms with van der Waals surface area (Å²) in [6, 6.07) is 9.71. The lowest BCUT2D eigenvalue weighted by atomic mass is 9.96. The Morgan fingerprint density at radius 2 is 1.64 bits per heavy atom. The molecular weight excluding hydrogens is 458 g/mol. The highest BCUT2D eigenvalue weighted by Crippen LogP contribution is 2.40. The van der Waals surface area contributed by atoms with E-state index in [-0.39, 0.29) is 11.7 Å². The first kappa shape index (κ1) is 23.7. The summed E-state index contributed by atoms with van der Waals surface area (Å²) in [6.07, 6.45) is 1.47. The molecule has 3 aromatic rings. The molecule has 0 aliphatic carbocycles. The lowest BCUT2D eigenvalue weighted by molar-refractivity contribution is 0.186. The maximum atomic E-state index is 13.3. The number of urea groups is 1.